The Morgan fingerprint density at radius 3 is 2.76 bits per heavy atom. The molecule has 0 unspecified atom stereocenters. The molecule has 2 rings (SSSR count). The number of hydrogen-bond acceptors (Lipinski definition) is 2. The Morgan fingerprint density at radius 2 is 2.18 bits per heavy atom. The second kappa shape index (κ2) is 4.16. The summed E-state index contributed by atoms with van der Waals surface area (Å²) in [5.74, 6) is -2.44. The molecular weight excluding hydrogens is 228 g/mol. The van der Waals surface area contributed by atoms with Gasteiger partial charge in [-0.2, -0.15) is 0 Å². The van der Waals surface area contributed by atoms with Crippen LogP contribution in [0.3, 0.4) is 0 Å². The van der Waals surface area contributed by atoms with E-state index in [4.69, 9.17) is 5.11 Å². The summed E-state index contributed by atoms with van der Waals surface area (Å²) in [4.78, 5) is 12.5. The van der Waals surface area contributed by atoms with Crippen LogP contribution in [-0.2, 0) is 4.79 Å². The third-order valence-electron chi connectivity index (χ3n) is 2.72. The summed E-state index contributed by atoms with van der Waals surface area (Å²) >= 11 is 0. The molecule has 0 atom stereocenters. The molecule has 5 heteroatoms. The van der Waals surface area contributed by atoms with Crippen molar-refractivity contribution >= 4 is 17.7 Å². The molecule has 1 N–H and O–H groups in total. The van der Waals surface area contributed by atoms with E-state index in [9.17, 15) is 13.6 Å². The minimum atomic E-state index is -1.07. The van der Waals surface area contributed by atoms with Gasteiger partial charge in [-0.15, -0.1) is 0 Å². The van der Waals surface area contributed by atoms with Crippen LogP contribution >= 0.6 is 0 Å². The first-order valence-electron chi connectivity index (χ1n) is 5.20. The highest BCUT2D eigenvalue weighted by atomic mass is 19.1. The molecule has 0 bridgehead atoms. The number of nitrogens with zero attached hydrogens (tertiary/aromatic N) is 1. The van der Waals surface area contributed by atoms with Gasteiger partial charge in [0.05, 0.1) is 17.8 Å². The maximum atomic E-state index is 13.6. The van der Waals surface area contributed by atoms with Crippen molar-refractivity contribution in [1.29, 1.82) is 0 Å². The fraction of sp³-hybridized carbons (Fsp3) is 0.250. The molecule has 1 heterocycles. The maximum absolute atomic E-state index is 13.6. The molecule has 0 fully saturated rings. The van der Waals surface area contributed by atoms with Crippen molar-refractivity contribution < 1.29 is 18.7 Å². The van der Waals surface area contributed by atoms with E-state index in [1.54, 1.807) is 11.8 Å². The van der Waals surface area contributed by atoms with Gasteiger partial charge in [0.25, 0.3) is 0 Å². The number of halogens is 2. The predicted octanol–water partition coefficient (Wildman–Crippen LogP) is 2.27. The van der Waals surface area contributed by atoms with E-state index >= 15 is 0 Å². The molecule has 0 spiro atoms. The van der Waals surface area contributed by atoms with E-state index in [-0.39, 0.29) is 23.4 Å². The lowest BCUT2D eigenvalue weighted by Gasteiger charge is -2.29. The van der Waals surface area contributed by atoms with Crippen molar-refractivity contribution in [2.24, 2.45) is 0 Å². The van der Waals surface area contributed by atoms with E-state index in [1.165, 1.54) is 6.08 Å². The number of carbonyl (C=O) groups is 1. The molecule has 1 aliphatic rings. The molecule has 90 valence electrons. The molecular formula is C12H11F2NO2. The van der Waals surface area contributed by atoms with Crippen LogP contribution in [0.2, 0.25) is 0 Å². The largest absolute Gasteiger partial charge is 0.478 e. The van der Waals surface area contributed by atoms with Crippen molar-refractivity contribution in [3.8, 4) is 0 Å². The van der Waals surface area contributed by atoms with Gasteiger partial charge < -0.3 is 10.0 Å². The molecule has 1 aliphatic heterocycles. The van der Waals surface area contributed by atoms with E-state index in [0.717, 1.165) is 12.1 Å². The molecule has 0 aliphatic carbocycles. The highest BCUT2D eigenvalue weighted by molar-refractivity contribution is 5.96. The number of anilines is 1. The summed E-state index contributed by atoms with van der Waals surface area (Å²) in [6.07, 6.45) is 1.32. The monoisotopic (exact) mass is 239 g/mol. The van der Waals surface area contributed by atoms with Crippen LogP contribution in [0.15, 0.2) is 17.7 Å². The van der Waals surface area contributed by atoms with E-state index in [2.05, 4.69) is 0 Å². The highest BCUT2D eigenvalue weighted by Crippen LogP contribution is 2.32. The SMILES string of the molecule is CCN1CC(C(=O)O)=Cc2cc(F)cc(F)c21. The van der Waals surface area contributed by atoms with Gasteiger partial charge in [-0.3, -0.25) is 0 Å². The third kappa shape index (κ3) is 2.00. The topological polar surface area (TPSA) is 40.5 Å². The highest BCUT2D eigenvalue weighted by Gasteiger charge is 2.24. The first kappa shape index (κ1) is 11.6. The van der Waals surface area contributed by atoms with Gasteiger partial charge in [0.2, 0.25) is 0 Å². The van der Waals surface area contributed by atoms with Crippen molar-refractivity contribution in [2.75, 3.05) is 18.0 Å². The zero-order valence-electron chi connectivity index (χ0n) is 9.20. The molecule has 0 saturated carbocycles. The minimum absolute atomic E-state index is 0.126. The average molecular weight is 239 g/mol. The number of rotatable bonds is 2. The zero-order chi connectivity index (χ0) is 12.6. The molecule has 0 saturated heterocycles. The Balaban J connectivity index is 2.61. The van der Waals surface area contributed by atoms with Gasteiger partial charge in [-0.25, -0.2) is 13.6 Å². The van der Waals surface area contributed by atoms with E-state index in [1.807, 2.05) is 0 Å². The van der Waals surface area contributed by atoms with Crippen molar-refractivity contribution in [3.63, 3.8) is 0 Å². The van der Waals surface area contributed by atoms with E-state index in [0.29, 0.717) is 6.54 Å². The summed E-state index contributed by atoms with van der Waals surface area (Å²) < 4.78 is 26.7. The third-order valence-corrected chi connectivity index (χ3v) is 2.72. The van der Waals surface area contributed by atoms with Crippen LogP contribution in [0.5, 0.6) is 0 Å². The lowest BCUT2D eigenvalue weighted by molar-refractivity contribution is -0.132. The summed E-state index contributed by atoms with van der Waals surface area (Å²) in [5, 5.41) is 8.93. The van der Waals surface area contributed by atoms with Crippen molar-refractivity contribution in [1.82, 2.24) is 0 Å². The standard InChI is InChI=1S/C12H11F2NO2/c1-2-15-6-8(12(16)17)3-7-4-9(13)5-10(14)11(7)15/h3-5H,2,6H2,1H3,(H,16,17). The summed E-state index contributed by atoms with van der Waals surface area (Å²) in [6, 6.07) is 1.95. The Kier molecular flexibility index (Phi) is 2.83. The van der Waals surface area contributed by atoms with Gasteiger partial charge in [-0.1, -0.05) is 0 Å². The number of benzene rings is 1. The van der Waals surface area contributed by atoms with Crippen LogP contribution in [0.1, 0.15) is 12.5 Å². The first-order valence-corrected chi connectivity index (χ1v) is 5.20. The molecule has 0 aromatic heterocycles. The summed E-state index contributed by atoms with van der Waals surface area (Å²) in [6.45, 7) is 2.37. The number of carboxylic acid groups (broad SMARTS) is 1. The molecule has 0 radical (unpaired) electrons. The van der Waals surface area contributed by atoms with Crippen LogP contribution in [0.25, 0.3) is 6.08 Å². The molecule has 3 nitrogen and oxygen atoms in total. The second-order valence-electron chi connectivity index (χ2n) is 3.81. The van der Waals surface area contributed by atoms with Crippen LogP contribution in [-0.4, -0.2) is 24.2 Å². The average Bonchev–Trinajstić information content (AvgIpc) is 2.26. The van der Waals surface area contributed by atoms with Gasteiger partial charge in [0.1, 0.15) is 11.6 Å². The number of carboxylic acids is 1. The molecule has 17 heavy (non-hydrogen) atoms. The first-order chi connectivity index (χ1) is 8.02. The fourth-order valence-corrected chi connectivity index (χ4v) is 1.95. The molecule has 1 aromatic carbocycles. The quantitative estimate of drug-likeness (QED) is 0.860. The van der Waals surface area contributed by atoms with Gasteiger partial charge in [0.15, 0.2) is 0 Å². The second-order valence-corrected chi connectivity index (χ2v) is 3.81. The molecule has 0 amide bonds. The van der Waals surface area contributed by atoms with Gasteiger partial charge in [0, 0.05) is 18.2 Å². The zero-order valence-corrected chi connectivity index (χ0v) is 9.20. The lowest BCUT2D eigenvalue weighted by Crippen LogP contribution is -2.31. The Morgan fingerprint density at radius 1 is 1.47 bits per heavy atom. The van der Waals surface area contributed by atoms with Crippen LogP contribution in [0, 0.1) is 11.6 Å². The van der Waals surface area contributed by atoms with Gasteiger partial charge >= 0.3 is 5.97 Å². The normalized spacial score (nSPS) is 14.3. The van der Waals surface area contributed by atoms with Gasteiger partial charge in [-0.05, 0) is 19.1 Å². The van der Waals surface area contributed by atoms with Crippen LogP contribution in [0.4, 0.5) is 14.5 Å². The Hall–Kier alpha value is -1.91. The number of hydrogen-bond donors (Lipinski definition) is 1. The van der Waals surface area contributed by atoms with E-state index < -0.39 is 17.6 Å². The number of fused-ring (bicyclic) bond motifs is 1. The van der Waals surface area contributed by atoms with Crippen LogP contribution < -0.4 is 4.90 Å². The van der Waals surface area contributed by atoms with Crippen molar-refractivity contribution in [3.05, 3.63) is 34.9 Å². The predicted molar refractivity (Wildman–Crippen MR) is 59.9 cm³/mol. The number of aliphatic carboxylic acids is 1. The maximum Gasteiger partial charge on any atom is 0.333 e. The summed E-state index contributed by atoms with van der Waals surface area (Å²) in [5.41, 5.74) is 0.663. The lowest BCUT2D eigenvalue weighted by atomic mass is 10.0. The molecule has 1 aromatic rings. The van der Waals surface area contributed by atoms with Crippen molar-refractivity contribution in [2.45, 2.75) is 6.92 Å². The Labute approximate surface area is 97.0 Å². The fourth-order valence-electron chi connectivity index (χ4n) is 1.95. The minimum Gasteiger partial charge on any atom is -0.478 e. The summed E-state index contributed by atoms with van der Waals surface area (Å²) in [7, 11) is 0. The Bertz CT molecular complexity index is 511. The number of likely N-dealkylation sites (N-methyl/N-ethyl adjacent to an activating group) is 1. The smallest absolute Gasteiger partial charge is 0.333 e.